The molecule has 4 rings (SSSR count). The topological polar surface area (TPSA) is 127 Å². The van der Waals surface area contributed by atoms with Crippen molar-refractivity contribution in [3.05, 3.63) is 57.9 Å². The van der Waals surface area contributed by atoms with Gasteiger partial charge in [0.1, 0.15) is 5.10 Å². The third-order valence-corrected chi connectivity index (χ3v) is 4.90. The molecule has 0 spiro atoms. The summed E-state index contributed by atoms with van der Waals surface area (Å²) in [5.41, 5.74) is 3.23. The quantitative estimate of drug-likeness (QED) is 0.278. The van der Waals surface area contributed by atoms with Gasteiger partial charge in [0, 0.05) is 49.1 Å². The van der Waals surface area contributed by atoms with Crippen molar-refractivity contribution in [2.24, 2.45) is 11.0 Å². The average molecular weight is 428 g/mol. The van der Waals surface area contributed by atoms with Gasteiger partial charge in [-0.3, -0.25) is 0 Å². The highest BCUT2D eigenvalue weighted by Crippen LogP contribution is 2.39. The van der Waals surface area contributed by atoms with Crippen molar-refractivity contribution >= 4 is 17.6 Å². The van der Waals surface area contributed by atoms with Gasteiger partial charge in [0.2, 0.25) is 5.95 Å². The molecule has 1 atom stereocenters. The lowest BCUT2D eigenvalue weighted by atomic mass is 10.1. The minimum absolute atomic E-state index is 0.182. The molecule has 1 aromatic heterocycles. The smallest absolute Gasteiger partial charge is 0.268 e. The molecule has 10 heteroatoms. The number of ether oxygens (including phenoxy) is 1. The Morgan fingerprint density at radius 2 is 2.03 bits per heavy atom. The number of hydrogen-bond donors (Lipinski definition) is 3. The fourth-order valence-corrected chi connectivity index (χ4v) is 3.13. The van der Waals surface area contributed by atoms with Crippen LogP contribution in [0.3, 0.4) is 0 Å². The van der Waals surface area contributed by atoms with Gasteiger partial charge in [-0.15, -0.1) is 0 Å². The predicted octanol–water partition coefficient (Wildman–Crippen LogP) is 2.79. The van der Waals surface area contributed by atoms with E-state index in [1.807, 2.05) is 37.3 Å². The van der Waals surface area contributed by atoms with Gasteiger partial charge in [0.05, 0.1) is 6.61 Å². The lowest BCUT2D eigenvalue weighted by Crippen LogP contribution is -2.38. The van der Waals surface area contributed by atoms with E-state index in [0.29, 0.717) is 30.9 Å². The summed E-state index contributed by atoms with van der Waals surface area (Å²) in [6.45, 7) is 4.15. The first kappa shape index (κ1) is 22.4. The van der Waals surface area contributed by atoms with Crippen LogP contribution in [0.15, 0.2) is 41.5 Å². The molecule has 1 saturated heterocycles. The fraction of sp³-hybridized carbons (Fsp3) is 0.476. The number of hydrazone groups is 1. The van der Waals surface area contributed by atoms with Crippen molar-refractivity contribution in [3.8, 4) is 0 Å². The predicted molar refractivity (Wildman–Crippen MR) is 119 cm³/mol. The summed E-state index contributed by atoms with van der Waals surface area (Å²) in [6.07, 6.45) is 3.52. The maximum Gasteiger partial charge on any atom is 0.268 e. The van der Waals surface area contributed by atoms with E-state index in [9.17, 15) is 10.1 Å². The van der Waals surface area contributed by atoms with E-state index in [-0.39, 0.29) is 5.96 Å². The highest BCUT2D eigenvalue weighted by molar-refractivity contribution is 5.78. The molecule has 1 saturated carbocycles. The number of benzene rings is 1. The molecule has 0 amide bonds. The highest BCUT2D eigenvalue weighted by Gasteiger charge is 2.25. The van der Waals surface area contributed by atoms with E-state index in [4.69, 9.17) is 4.74 Å². The number of nitrogens with one attached hydrogen (secondary N) is 3. The number of nitrogens with zero attached hydrogens (tertiary/aromatic N) is 4. The maximum absolute atomic E-state index is 10.1. The molecule has 2 aliphatic rings. The maximum atomic E-state index is 10.1. The average Bonchev–Trinajstić information content (AvgIpc) is 3.48. The fourth-order valence-electron chi connectivity index (χ4n) is 3.13. The third kappa shape index (κ3) is 7.82. The number of nitro groups is 1. The van der Waals surface area contributed by atoms with Crippen molar-refractivity contribution in [1.29, 1.82) is 0 Å². The Bertz CT molecular complexity index is 882. The second-order valence-corrected chi connectivity index (χ2v) is 7.57. The molecule has 1 aliphatic carbocycles. The molecule has 166 valence electrons. The van der Waals surface area contributed by atoms with Crippen LogP contribution in [0.25, 0.3) is 0 Å². The molecule has 1 aromatic carbocycles. The second-order valence-electron chi connectivity index (χ2n) is 7.57. The van der Waals surface area contributed by atoms with Gasteiger partial charge in [0.15, 0.2) is 5.03 Å². The molecule has 2 fully saturated rings. The highest BCUT2D eigenvalue weighted by atomic mass is 16.7. The van der Waals surface area contributed by atoms with Gasteiger partial charge in [-0.05, 0) is 44.4 Å². The van der Waals surface area contributed by atoms with Gasteiger partial charge in [0.25, 0.3) is 5.96 Å². The van der Waals surface area contributed by atoms with Crippen LogP contribution in [0, 0.1) is 23.0 Å². The van der Waals surface area contributed by atoms with Crippen LogP contribution < -0.4 is 16.0 Å². The van der Waals surface area contributed by atoms with Crippen LogP contribution in [0.2, 0.25) is 0 Å². The number of anilines is 2. The summed E-state index contributed by atoms with van der Waals surface area (Å²) in [5.74, 6) is 1.97. The molecule has 0 bridgehead atoms. The van der Waals surface area contributed by atoms with E-state index < -0.39 is 5.03 Å². The first-order valence-electron chi connectivity index (χ1n) is 10.4. The molecule has 3 N–H and O–H groups in total. The van der Waals surface area contributed by atoms with Crippen molar-refractivity contribution in [2.75, 3.05) is 32.1 Å². The zero-order valence-corrected chi connectivity index (χ0v) is 17.9. The normalized spacial score (nSPS) is 18.0. The summed E-state index contributed by atoms with van der Waals surface area (Å²) in [7, 11) is 1.58. The Kier molecular flexibility index (Phi) is 8.11. The summed E-state index contributed by atoms with van der Waals surface area (Å²) in [4.78, 5) is 19.1. The van der Waals surface area contributed by atoms with Crippen molar-refractivity contribution in [1.82, 2.24) is 20.6 Å². The lowest BCUT2D eigenvalue weighted by molar-refractivity contribution is -0.485. The number of aromatic nitrogens is 2. The number of guanidine groups is 1. The Morgan fingerprint density at radius 1 is 1.26 bits per heavy atom. The summed E-state index contributed by atoms with van der Waals surface area (Å²) >= 11 is 0. The molecular weight excluding hydrogens is 398 g/mol. The van der Waals surface area contributed by atoms with Crippen molar-refractivity contribution in [2.45, 2.75) is 32.1 Å². The molecule has 1 unspecified atom stereocenters. The molecular formula is C21H29N7O3. The van der Waals surface area contributed by atoms with E-state index in [0.717, 1.165) is 24.4 Å². The molecule has 10 nitrogen and oxygen atoms in total. The number of para-hydroxylation sites is 1. The van der Waals surface area contributed by atoms with Crippen molar-refractivity contribution < 1.29 is 9.77 Å². The summed E-state index contributed by atoms with van der Waals surface area (Å²) in [6, 6.07) is 12.1. The lowest BCUT2D eigenvalue weighted by Gasteiger charge is -2.09. The first-order valence-corrected chi connectivity index (χ1v) is 10.4. The standard InChI is InChI=1S/C14H15N3.C7H14N4O3/c1-10-9-13(11-7-8-11)17-14(15-10)16-12-5-3-2-4-6-12;1-8-7(10-11(12)13)9-4-6-2-3-14-5-6/h2-6,9,11H,7-8H2,1H3,(H,15,16,17);6H,2-5H2,1H3,(H2,8,9,10). The number of aryl methyl sites for hydroxylation is 1. The SMILES string of the molecule is CN/C(=N/[N+](=O)[O-])NCC1CCOC1.Cc1cc(C2CC2)nc(Nc2ccccc2)n1. The van der Waals surface area contributed by atoms with E-state index in [1.165, 1.54) is 18.5 Å². The van der Waals surface area contributed by atoms with Gasteiger partial charge in [-0.25, -0.2) is 20.1 Å². The third-order valence-electron chi connectivity index (χ3n) is 4.90. The van der Waals surface area contributed by atoms with Gasteiger partial charge in [-0.1, -0.05) is 18.2 Å². The molecule has 2 aromatic rings. The molecule has 31 heavy (non-hydrogen) atoms. The molecule has 1 aliphatic heterocycles. The minimum atomic E-state index is -0.732. The number of hydrogen-bond acceptors (Lipinski definition) is 6. The monoisotopic (exact) mass is 427 g/mol. The molecule has 0 radical (unpaired) electrons. The Labute approximate surface area is 181 Å². The zero-order valence-electron chi connectivity index (χ0n) is 17.9. The Balaban J connectivity index is 0.000000180. The Morgan fingerprint density at radius 3 is 2.65 bits per heavy atom. The van der Waals surface area contributed by atoms with Crippen LogP contribution in [-0.4, -0.2) is 47.8 Å². The van der Waals surface area contributed by atoms with Crippen molar-refractivity contribution in [3.63, 3.8) is 0 Å². The van der Waals surface area contributed by atoms with Crippen LogP contribution in [0.4, 0.5) is 11.6 Å². The minimum Gasteiger partial charge on any atom is -0.381 e. The zero-order chi connectivity index (χ0) is 22.1. The second kappa shape index (κ2) is 11.2. The van der Waals surface area contributed by atoms with Crippen LogP contribution in [0.5, 0.6) is 0 Å². The van der Waals surface area contributed by atoms with E-state index in [1.54, 1.807) is 7.05 Å². The van der Waals surface area contributed by atoms with E-state index in [2.05, 4.69) is 37.1 Å². The van der Waals surface area contributed by atoms with Crippen LogP contribution >= 0.6 is 0 Å². The van der Waals surface area contributed by atoms with E-state index >= 15 is 0 Å². The molecule has 2 heterocycles. The van der Waals surface area contributed by atoms with Crippen LogP contribution in [0.1, 0.15) is 36.6 Å². The van der Waals surface area contributed by atoms with Gasteiger partial charge in [-0.2, -0.15) is 0 Å². The first-order chi connectivity index (χ1) is 15.0. The Hall–Kier alpha value is -3.27. The van der Waals surface area contributed by atoms with Gasteiger partial charge >= 0.3 is 0 Å². The number of rotatable bonds is 6. The largest absolute Gasteiger partial charge is 0.381 e. The van der Waals surface area contributed by atoms with Gasteiger partial charge < -0.3 is 20.7 Å². The summed E-state index contributed by atoms with van der Waals surface area (Å²) < 4.78 is 5.17. The summed E-state index contributed by atoms with van der Waals surface area (Å²) in [5, 5.41) is 21.2. The van der Waals surface area contributed by atoms with Crippen LogP contribution in [-0.2, 0) is 4.74 Å².